The van der Waals surface area contributed by atoms with E-state index in [0.717, 1.165) is 19.3 Å². The first kappa shape index (κ1) is 11.0. The number of fused-ring (bicyclic) bond motifs is 2. The summed E-state index contributed by atoms with van der Waals surface area (Å²) in [6.07, 6.45) is 5.42. The van der Waals surface area contributed by atoms with Crippen molar-refractivity contribution in [2.75, 3.05) is 5.32 Å². The Balaban J connectivity index is 1.82. The summed E-state index contributed by atoms with van der Waals surface area (Å²) < 4.78 is 6.97. The number of hydrogen-bond acceptors (Lipinski definition) is 4. The smallest absolute Gasteiger partial charge is 0.287 e. The van der Waals surface area contributed by atoms with E-state index in [1.54, 1.807) is 13.2 Å². The molecule has 2 aliphatic rings. The first-order valence-corrected chi connectivity index (χ1v) is 6.17. The number of halogens is 1. The van der Waals surface area contributed by atoms with Crippen LogP contribution in [0.5, 0.6) is 0 Å². The van der Waals surface area contributed by atoms with Crippen molar-refractivity contribution in [1.82, 2.24) is 9.78 Å². The second-order valence-corrected chi connectivity index (χ2v) is 5.04. The van der Waals surface area contributed by atoms with Crippen LogP contribution in [0.15, 0.2) is 11.0 Å². The molecule has 0 radical (unpaired) electrons. The molecule has 0 amide bonds. The Morgan fingerprint density at radius 2 is 2.41 bits per heavy atom. The van der Waals surface area contributed by atoms with Gasteiger partial charge in [0.05, 0.1) is 30.1 Å². The minimum Gasteiger partial charge on any atom is -0.377 e. The number of aryl methyl sites for hydroxylation is 1. The molecule has 2 bridgehead atoms. The van der Waals surface area contributed by atoms with E-state index in [1.165, 1.54) is 4.68 Å². The zero-order chi connectivity index (χ0) is 12.0. The standard InChI is InChI=1S/C11H14ClN3O2/c1-15-11(16)10(12)8(5-13-15)14-7-4-6-2-3-9(7)17-6/h5-7,9,14H,2-4H2,1H3. The molecule has 3 rings (SSSR count). The number of nitrogens with zero attached hydrogens (tertiary/aromatic N) is 2. The summed E-state index contributed by atoms with van der Waals surface area (Å²) in [6.45, 7) is 0. The van der Waals surface area contributed by atoms with Gasteiger partial charge in [-0.25, -0.2) is 4.68 Å². The second-order valence-electron chi connectivity index (χ2n) is 4.66. The highest BCUT2D eigenvalue weighted by molar-refractivity contribution is 6.32. The van der Waals surface area contributed by atoms with E-state index in [1.807, 2.05) is 0 Å². The molecular weight excluding hydrogens is 242 g/mol. The van der Waals surface area contributed by atoms with E-state index in [-0.39, 0.29) is 22.7 Å². The third-order valence-corrected chi connectivity index (χ3v) is 3.89. The third kappa shape index (κ3) is 1.83. The summed E-state index contributed by atoms with van der Waals surface area (Å²) >= 11 is 6.00. The van der Waals surface area contributed by atoms with Gasteiger partial charge in [0.1, 0.15) is 5.02 Å². The zero-order valence-corrected chi connectivity index (χ0v) is 10.3. The van der Waals surface area contributed by atoms with Crippen LogP contribution in [0.3, 0.4) is 0 Å². The normalized spacial score (nSPS) is 30.8. The maximum atomic E-state index is 11.6. The average molecular weight is 256 g/mol. The fourth-order valence-electron chi connectivity index (χ4n) is 2.60. The monoisotopic (exact) mass is 255 g/mol. The number of hydrogen-bond donors (Lipinski definition) is 1. The molecule has 3 unspecified atom stereocenters. The molecule has 0 aliphatic carbocycles. The zero-order valence-electron chi connectivity index (χ0n) is 9.52. The average Bonchev–Trinajstić information content (AvgIpc) is 2.92. The lowest BCUT2D eigenvalue weighted by Crippen LogP contribution is -2.32. The summed E-state index contributed by atoms with van der Waals surface area (Å²) in [5, 5.41) is 7.44. The number of rotatable bonds is 2. The molecule has 3 heterocycles. The molecule has 2 aliphatic heterocycles. The van der Waals surface area contributed by atoms with E-state index in [2.05, 4.69) is 10.4 Å². The van der Waals surface area contributed by atoms with E-state index in [9.17, 15) is 4.79 Å². The Labute approximate surface area is 104 Å². The van der Waals surface area contributed by atoms with Gasteiger partial charge in [-0.2, -0.15) is 5.10 Å². The van der Waals surface area contributed by atoms with E-state index < -0.39 is 0 Å². The highest BCUT2D eigenvalue weighted by Crippen LogP contribution is 2.36. The minimum absolute atomic E-state index is 0.199. The molecule has 17 heavy (non-hydrogen) atoms. The number of nitrogens with one attached hydrogen (secondary N) is 1. The molecule has 1 N–H and O–H groups in total. The Morgan fingerprint density at radius 3 is 3.06 bits per heavy atom. The van der Waals surface area contributed by atoms with Crippen molar-refractivity contribution in [2.24, 2.45) is 7.05 Å². The number of anilines is 1. The predicted octanol–water partition coefficient (Wildman–Crippen LogP) is 1.17. The lowest BCUT2D eigenvalue weighted by Gasteiger charge is -2.21. The molecule has 2 fully saturated rings. The van der Waals surface area contributed by atoms with Crippen LogP contribution in [0.25, 0.3) is 0 Å². The lowest BCUT2D eigenvalue weighted by atomic mass is 9.95. The Hall–Kier alpha value is -1.07. The minimum atomic E-state index is -0.277. The lowest BCUT2D eigenvalue weighted by molar-refractivity contribution is 0.102. The van der Waals surface area contributed by atoms with Gasteiger partial charge in [-0.1, -0.05) is 11.6 Å². The Kier molecular flexibility index (Phi) is 2.60. The summed E-state index contributed by atoms with van der Waals surface area (Å²) in [6, 6.07) is 0.250. The summed E-state index contributed by atoms with van der Waals surface area (Å²) in [5.41, 5.74) is 0.330. The van der Waals surface area contributed by atoms with E-state index in [0.29, 0.717) is 11.8 Å². The first-order valence-electron chi connectivity index (χ1n) is 5.79. The second kappa shape index (κ2) is 3.99. The van der Waals surface area contributed by atoms with Crippen molar-refractivity contribution in [3.8, 4) is 0 Å². The summed E-state index contributed by atoms with van der Waals surface area (Å²) in [4.78, 5) is 11.6. The summed E-state index contributed by atoms with van der Waals surface area (Å²) in [7, 11) is 1.58. The van der Waals surface area contributed by atoms with Crippen molar-refractivity contribution in [3.05, 3.63) is 21.6 Å². The van der Waals surface area contributed by atoms with Crippen molar-refractivity contribution >= 4 is 17.3 Å². The maximum absolute atomic E-state index is 11.6. The Bertz CT molecular complexity index is 502. The fraction of sp³-hybridized carbons (Fsp3) is 0.636. The quantitative estimate of drug-likeness (QED) is 0.862. The maximum Gasteiger partial charge on any atom is 0.287 e. The molecule has 0 saturated carbocycles. The van der Waals surface area contributed by atoms with Gasteiger partial charge in [0, 0.05) is 7.05 Å². The van der Waals surface area contributed by atoms with Crippen LogP contribution in [-0.4, -0.2) is 28.0 Å². The van der Waals surface area contributed by atoms with Crippen LogP contribution in [0.1, 0.15) is 19.3 Å². The van der Waals surface area contributed by atoms with E-state index in [4.69, 9.17) is 16.3 Å². The third-order valence-electron chi connectivity index (χ3n) is 3.53. The van der Waals surface area contributed by atoms with Crippen LogP contribution in [0.2, 0.25) is 5.02 Å². The molecule has 0 aromatic carbocycles. The molecule has 6 heteroatoms. The largest absolute Gasteiger partial charge is 0.377 e. The SMILES string of the molecule is Cn1ncc(NC2CC3CCC2O3)c(Cl)c1=O. The molecule has 3 atom stereocenters. The van der Waals surface area contributed by atoms with Gasteiger partial charge in [0.25, 0.3) is 5.56 Å². The van der Waals surface area contributed by atoms with Gasteiger partial charge in [-0.3, -0.25) is 4.79 Å². The van der Waals surface area contributed by atoms with Gasteiger partial charge in [0.15, 0.2) is 0 Å². The predicted molar refractivity (Wildman–Crippen MR) is 64.4 cm³/mol. The summed E-state index contributed by atoms with van der Waals surface area (Å²) in [5.74, 6) is 0. The van der Waals surface area contributed by atoms with Gasteiger partial charge >= 0.3 is 0 Å². The molecule has 5 nitrogen and oxygen atoms in total. The molecule has 2 saturated heterocycles. The highest BCUT2D eigenvalue weighted by Gasteiger charge is 2.40. The van der Waals surface area contributed by atoms with Crippen LogP contribution in [-0.2, 0) is 11.8 Å². The van der Waals surface area contributed by atoms with Crippen LogP contribution in [0, 0.1) is 0 Å². The number of aromatic nitrogens is 2. The molecule has 0 spiro atoms. The Morgan fingerprint density at radius 1 is 1.59 bits per heavy atom. The van der Waals surface area contributed by atoms with Gasteiger partial charge in [-0.15, -0.1) is 0 Å². The van der Waals surface area contributed by atoms with Gasteiger partial charge in [0.2, 0.25) is 0 Å². The van der Waals surface area contributed by atoms with Gasteiger partial charge in [-0.05, 0) is 19.3 Å². The number of ether oxygens (including phenoxy) is 1. The first-order chi connectivity index (χ1) is 8.15. The van der Waals surface area contributed by atoms with Crippen molar-refractivity contribution in [1.29, 1.82) is 0 Å². The molecule has 92 valence electrons. The van der Waals surface area contributed by atoms with Crippen LogP contribution >= 0.6 is 11.6 Å². The molecule has 1 aromatic heterocycles. The van der Waals surface area contributed by atoms with Gasteiger partial charge < -0.3 is 10.1 Å². The van der Waals surface area contributed by atoms with Crippen LogP contribution < -0.4 is 10.9 Å². The highest BCUT2D eigenvalue weighted by atomic mass is 35.5. The van der Waals surface area contributed by atoms with Crippen LogP contribution in [0.4, 0.5) is 5.69 Å². The molecule has 1 aromatic rings. The van der Waals surface area contributed by atoms with E-state index >= 15 is 0 Å². The van der Waals surface area contributed by atoms with Crippen molar-refractivity contribution in [2.45, 2.75) is 37.5 Å². The van der Waals surface area contributed by atoms with Crippen molar-refractivity contribution < 1.29 is 4.74 Å². The topological polar surface area (TPSA) is 56.1 Å². The fourth-order valence-corrected chi connectivity index (χ4v) is 2.83. The molecular formula is C11H14ClN3O2. The van der Waals surface area contributed by atoms with Crippen molar-refractivity contribution in [3.63, 3.8) is 0 Å².